The van der Waals surface area contributed by atoms with Crippen LogP contribution in [-0.2, 0) is 11.3 Å². The van der Waals surface area contributed by atoms with Crippen LogP contribution in [0.2, 0.25) is 0 Å². The van der Waals surface area contributed by atoms with Crippen LogP contribution in [0.5, 0.6) is 0 Å². The van der Waals surface area contributed by atoms with Gasteiger partial charge in [0, 0.05) is 22.3 Å². The smallest absolute Gasteiger partial charge is 0.251 e. The Morgan fingerprint density at radius 1 is 1.15 bits per heavy atom. The highest BCUT2D eigenvalue weighted by Crippen LogP contribution is 2.28. The fourth-order valence-corrected chi connectivity index (χ4v) is 4.54. The van der Waals surface area contributed by atoms with Crippen molar-refractivity contribution in [2.45, 2.75) is 44.4 Å². The van der Waals surface area contributed by atoms with E-state index in [4.69, 9.17) is 0 Å². The maximum Gasteiger partial charge on any atom is 0.251 e. The molecular formula is C25H28BrN5O2S. The van der Waals surface area contributed by atoms with Crippen molar-refractivity contribution in [1.29, 1.82) is 0 Å². The molecule has 0 spiro atoms. The number of benzene rings is 2. The molecule has 34 heavy (non-hydrogen) atoms. The predicted molar refractivity (Wildman–Crippen MR) is 140 cm³/mol. The summed E-state index contributed by atoms with van der Waals surface area (Å²) in [5.74, 6) is 0.723. The number of aromatic nitrogens is 3. The standard InChI is InChI=1S/C25H28BrN5O2S/c1-5-13-31-23(17(4)27-24(33)18-9-7-6-8-10-18)29-30-25(31)34-15-22(32)28-21-12-11-19(26)14-20(21)16(2)3/h5-12,14,16-17H,1,13,15H2,2-4H3,(H,27,33)(H,28,32)/t17-/m0/s1. The highest BCUT2D eigenvalue weighted by atomic mass is 79.9. The SMILES string of the molecule is C=CCn1c(SCC(=O)Nc2ccc(Br)cc2C(C)C)nnc1[C@H](C)NC(=O)c1ccccc1. The Balaban J connectivity index is 1.68. The Hall–Kier alpha value is -2.91. The Labute approximate surface area is 212 Å². The van der Waals surface area contributed by atoms with Gasteiger partial charge in [-0.15, -0.1) is 16.8 Å². The fourth-order valence-electron chi connectivity index (χ4n) is 3.40. The first-order chi connectivity index (χ1) is 16.3. The second kappa shape index (κ2) is 12.0. The zero-order valence-corrected chi connectivity index (χ0v) is 21.8. The molecule has 0 unspecified atom stereocenters. The van der Waals surface area contributed by atoms with E-state index in [9.17, 15) is 9.59 Å². The third-order valence-corrected chi connectivity index (χ3v) is 6.53. The molecule has 9 heteroatoms. The van der Waals surface area contributed by atoms with E-state index in [1.807, 2.05) is 47.9 Å². The minimum atomic E-state index is -0.375. The van der Waals surface area contributed by atoms with E-state index >= 15 is 0 Å². The number of anilines is 1. The van der Waals surface area contributed by atoms with Crippen LogP contribution in [0.15, 0.2) is 70.8 Å². The van der Waals surface area contributed by atoms with Gasteiger partial charge in [0.15, 0.2) is 11.0 Å². The predicted octanol–water partition coefficient (Wildman–Crippen LogP) is 5.57. The number of allylic oxidation sites excluding steroid dienone is 1. The van der Waals surface area contributed by atoms with Crippen LogP contribution in [0, 0.1) is 0 Å². The molecule has 2 amide bonds. The van der Waals surface area contributed by atoms with Crippen molar-refractivity contribution in [2.24, 2.45) is 0 Å². The topological polar surface area (TPSA) is 88.9 Å². The van der Waals surface area contributed by atoms with Crippen molar-refractivity contribution in [1.82, 2.24) is 20.1 Å². The number of carbonyl (C=O) groups excluding carboxylic acids is 2. The molecule has 0 aliphatic rings. The zero-order valence-electron chi connectivity index (χ0n) is 19.4. The van der Waals surface area contributed by atoms with Gasteiger partial charge in [-0.2, -0.15) is 0 Å². The monoisotopic (exact) mass is 541 g/mol. The van der Waals surface area contributed by atoms with Crippen LogP contribution < -0.4 is 10.6 Å². The van der Waals surface area contributed by atoms with Gasteiger partial charge < -0.3 is 15.2 Å². The molecule has 0 radical (unpaired) electrons. The van der Waals surface area contributed by atoms with Gasteiger partial charge in [0.05, 0.1) is 11.8 Å². The van der Waals surface area contributed by atoms with E-state index < -0.39 is 0 Å². The summed E-state index contributed by atoms with van der Waals surface area (Å²) in [5.41, 5.74) is 2.44. The first kappa shape index (κ1) is 25.7. The number of halogens is 1. The lowest BCUT2D eigenvalue weighted by molar-refractivity contribution is -0.113. The molecular weight excluding hydrogens is 514 g/mol. The van der Waals surface area contributed by atoms with Gasteiger partial charge in [0.2, 0.25) is 5.91 Å². The summed E-state index contributed by atoms with van der Waals surface area (Å²) in [6, 6.07) is 14.5. The number of amides is 2. The number of nitrogens with zero attached hydrogens (tertiary/aromatic N) is 3. The fraction of sp³-hybridized carbons (Fsp3) is 0.280. The van der Waals surface area contributed by atoms with Crippen LogP contribution in [0.1, 0.15) is 54.5 Å². The maximum atomic E-state index is 12.7. The lowest BCUT2D eigenvalue weighted by Crippen LogP contribution is -2.28. The number of thioether (sulfide) groups is 1. The molecule has 0 aliphatic heterocycles. The van der Waals surface area contributed by atoms with E-state index in [2.05, 4.69) is 57.2 Å². The Morgan fingerprint density at radius 2 is 1.88 bits per heavy atom. The molecule has 3 aromatic rings. The highest BCUT2D eigenvalue weighted by molar-refractivity contribution is 9.10. The van der Waals surface area contributed by atoms with Gasteiger partial charge in [0.25, 0.3) is 5.91 Å². The molecule has 0 fully saturated rings. The number of hydrogen-bond acceptors (Lipinski definition) is 5. The van der Waals surface area contributed by atoms with Crippen molar-refractivity contribution in [3.63, 3.8) is 0 Å². The Bertz CT molecular complexity index is 1160. The Kier molecular flexibility index (Phi) is 9.06. The van der Waals surface area contributed by atoms with E-state index in [1.165, 1.54) is 11.8 Å². The minimum Gasteiger partial charge on any atom is -0.342 e. The largest absolute Gasteiger partial charge is 0.342 e. The second-order valence-electron chi connectivity index (χ2n) is 8.02. The van der Waals surface area contributed by atoms with Gasteiger partial charge in [-0.25, -0.2) is 0 Å². The van der Waals surface area contributed by atoms with Gasteiger partial charge in [-0.3, -0.25) is 9.59 Å². The molecule has 0 bridgehead atoms. The van der Waals surface area contributed by atoms with Crippen LogP contribution in [-0.4, -0.2) is 32.3 Å². The van der Waals surface area contributed by atoms with Crippen LogP contribution >= 0.6 is 27.7 Å². The average Bonchev–Trinajstić information content (AvgIpc) is 3.22. The van der Waals surface area contributed by atoms with Crippen molar-refractivity contribution < 1.29 is 9.59 Å². The number of carbonyl (C=O) groups is 2. The van der Waals surface area contributed by atoms with Crippen molar-refractivity contribution in [3.8, 4) is 0 Å². The summed E-state index contributed by atoms with van der Waals surface area (Å²) in [4.78, 5) is 25.2. The Morgan fingerprint density at radius 3 is 2.56 bits per heavy atom. The minimum absolute atomic E-state index is 0.130. The van der Waals surface area contributed by atoms with Gasteiger partial charge in [-0.1, -0.05) is 65.8 Å². The molecule has 178 valence electrons. The van der Waals surface area contributed by atoms with Crippen molar-refractivity contribution in [3.05, 3.63) is 82.6 Å². The molecule has 3 rings (SSSR count). The zero-order chi connectivity index (χ0) is 24.7. The highest BCUT2D eigenvalue weighted by Gasteiger charge is 2.20. The maximum absolute atomic E-state index is 12.7. The first-order valence-electron chi connectivity index (χ1n) is 10.9. The summed E-state index contributed by atoms with van der Waals surface area (Å²) < 4.78 is 2.84. The quantitative estimate of drug-likeness (QED) is 0.258. The van der Waals surface area contributed by atoms with E-state index in [0.717, 1.165) is 15.7 Å². The second-order valence-corrected chi connectivity index (χ2v) is 9.88. The van der Waals surface area contributed by atoms with E-state index in [-0.39, 0.29) is 29.5 Å². The molecule has 1 atom stereocenters. The lowest BCUT2D eigenvalue weighted by Gasteiger charge is -2.16. The lowest BCUT2D eigenvalue weighted by atomic mass is 10.0. The summed E-state index contributed by atoms with van der Waals surface area (Å²) in [6.07, 6.45) is 1.74. The van der Waals surface area contributed by atoms with Crippen molar-refractivity contribution in [2.75, 3.05) is 11.1 Å². The van der Waals surface area contributed by atoms with E-state index in [1.54, 1.807) is 18.2 Å². The molecule has 2 aromatic carbocycles. The van der Waals surface area contributed by atoms with Crippen LogP contribution in [0.3, 0.4) is 0 Å². The number of nitrogens with one attached hydrogen (secondary N) is 2. The molecule has 0 saturated carbocycles. The number of hydrogen-bond donors (Lipinski definition) is 2. The molecule has 0 aliphatic carbocycles. The summed E-state index contributed by atoms with van der Waals surface area (Å²) in [7, 11) is 0. The third-order valence-electron chi connectivity index (χ3n) is 5.07. The van der Waals surface area contributed by atoms with Gasteiger partial charge >= 0.3 is 0 Å². The van der Waals surface area contributed by atoms with Crippen LogP contribution in [0.25, 0.3) is 0 Å². The van der Waals surface area contributed by atoms with Gasteiger partial charge in [-0.05, 0) is 48.7 Å². The molecule has 0 saturated heterocycles. The molecule has 2 N–H and O–H groups in total. The molecule has 7 nitrogen and oxygen atoms in total. The van der Waals surface area contributed by atoms with Gasteiger partial charge in [0.1, 0.15) is 0 Å². The molecule has 1 aromatic heterocycles. The molecule has 1 heterocycles. The van der Waals surface area contributed by atoms with E-state index in [0.29, 0.717) is 23.1 Å². The average molecular weight is 543 g/mol. The van der Waals surface area contributed by atoms with Crippen molar-refractivity contribution >= 4 is 45.2 Å². The summed E-state index contributed by atoms with van der Waals surface area (Å²) in [6.45, 7) is 10.3. The summed E-state index contributed by atoms with van der Waals surface area (Å²) in [5, 5.41) is 15.1. The first-order valence-corrected chi connectivity index (χ1v) is 12.7. The normalized spacial score (nSPS) is 11.8. The third kappa shape index (κ3) is 6.57. The summed E-state index contributed by atoms with van der Waals surface area (Å²) >= 11 is 4.78. The van der Waals surface area contributed by atoms with Crippen LogP contribution in [0.4, 0.5) is 5.69 Å². The number of rotatable bonds is 10.